The molecule has 0 fully saturated rings. The van der Waals surface area contributed by atoms with E-state index in [-0.39, 0.29) is 11.6 Å². The third kappa shape index (κ3) is 6.65. The van der Waals surface area contributed by atoms with Crippen molar-refractivity contribution in [2.75, 3.05) is 6.54 Å². The van der Waals surface area contributed by atoms with Crippen molar-refractivity contribution in [3.05, 3.63) is 29.8 Å². The Morgan fingerprint density at radius 1 is 1.11 bits per heavy atom. The summed E-state index contributed by atoms with van der Waals surface area (Å²) in [4.78, 5) is 0. The average Bonchev–Trinajstić information content (AvgIpc) is 2.24. The van der Waals surface area contributed by atoms with Crippen molar-refractivity contribution in [1.82, 2.24) is 5.32 Å². The van der Waals surface area contributed by atoms with Crippen LogP contribution >= 0.6 is 0 Å². The number of ether oxygens (including phenoxy) is 1. The zero-order valence-corrected chi connectivity index (χ0v) is 12.4. The lowest BCUT2D eigenvalue weighted by Crippen LogP contribution is -2.36. The largest absolute Gasteiger partial charge is 0.491 e. The average molecular weight is 249 g/mol. The third-order valence-electron chi connectivity index (χ3n) is 2.59. The number of aryl methyl sites for hydroxylation is 1. The Morgan fingerprint density at radius 2 is 1.72 bits per heavy atom. The highest BCUT2D eigenvalue weighted by Gasteiger charge is 2.07. The van der Waals surface area contributed by atoms with Gasteiger partial charge in [-0.05, 0) is 71.7 Å². The first kappa shape index (κ1) is 15.0. The molecule has 0 aliphatic carbocycles. The molecule has 1 rings (SSSR count). The van der Waals surface area contributed by atoms with Gasteiger partial charge in [0.25, 0.3) is 0 Å². The number of rotatable bonds is 6. The zero-order chi connectivity index (χ0) is 13.6. The lowest BCUT2D eigenvalue weighted by atomic mass is 10.1. The highest BCUT2D eigenvalue weighted by molar-refractivity contribution is 5.27. The Morgan fingerprint density at radius 3 is 2.22 bits per heavy atom. The van der Waals surface area contributed by atoms with Gasteiger partial charge in [0.2, 0.25) is 0 Å². The van der Waals surface area contributed by atoms with E-state index in [0.717, 1.165) is 18.7 Å². The van der Waals surface area contributed by atoms with Crippen molar-refractivity contribution in [1.29, 1.82) is 0 Å². The minimum absolute atomic E-state index is 0.217. The van der Waals surface area contributed by atoms with Crippen molar-refractivity contribution >= 4 is 0 Å². The topological polar surface area (TPSA) is 21.3 Å². The minimum Gasteiger partial charge on any atom is -0.491 e. The molecule has 0 aromatic heterocycles. The first-order valence-corrected chi connectivity index (χ1v) is 6.87. The van der Waals surface area contributed by atoms with Gasteiger partial charge in [-0.15, -0.1) is 0 Å². The van der Waals surface area contributed by atoms with Crippen LogP contribution in [0.4, 0.5) is 0 Å². The van der Waals surface area contributed by atoms with Crippen LogP contribution in [0.1, 0.15) is 46.6 Å². The standard InChI is InChI=1S/C16H27NO/c1-13(2)18-15-10-8-14(9-11-15)7-6-12-17-16(3,4)5/h8-11,13,17H,6-7,12H2,1-5H3. The van der Waals surface area contributed by atoms with Gasteiger partial charge in [0.05, 0.1) is 6.10 Å². The highest BCUT2D eigenvalue weighted by Crippen LogP contribution is 2.14. The molecular formula is C16H27NO. The maximum Gasteiger partial charge on any atom is 0.119 e. The summed E-state index contributed by atoms with van der Waals surface area (Å²) in [6, 6.07) is 8.45. The van der Waals surface area contributed by atoms with E-state index in [2.05, 4.69) is 50.4 Å². The van der Waals surface area contributed by atoms with E-state index >= 15 is 0 Å². The molecule has 0 saturated heterocycles. The SMILES string of the molecule is CC(C)Oc1ccc(CCCNC(C)(C)C)cc1. The van der Waals surface area contributed by atoms with Crippen LogP contribution < -0.4 is 10.1 Å². The van der Waals surface area contributed by atoms with Gasteiger partial charge in [0.1, 0.15) is 5.75 Å². The van der Waals surface area contributed by atoms with Crippen molar-refractivity contribution in [2.24, 2.45) is 0 Å². The summed E-state index contributed by atoms with van der Waals surface area (Å²) in [5.74, 6) is 0.960. The van der Waals surface area contributed by atoms with E-state index in [0.29, 0.717) is 0 Å². The molecule has 0 unspecified atom stereocenters. The van der Waals surface area contributed by atoms with Crippen molar-refractivity contribution in [3.8, 4) is 5.75 Å². The number of hydrogen-bond acceptors (Lipinski definition) is 2. The molecule has 0 heterocycles. The van der Waals surface area contributed by atoms with Crippen LogP contribution in [0.15, 0.2) is 24.3 Å². The van der Waals surface area contributed by atoms with Gasteiger partial charge in [-0.1, -0.05) is 12.1 Å². The quantitative estimate of drug-likeness (QED) is 0.774. The third-order valence-corrected chi connectivity index (χ3v) is 2.59. The molecule has 1 aromatic rings. The smallest absolute Gasteiger partial charge is 0.119 e. The number of hydrogen-bond donors (Lipinski definition) is 1. The summed E-state index contributed by atoms with van der Waals surface area (Å²) < 4.78 is 5.63. The lowest BCUT2D eigenvalue weighted by molar-refractivity contribution is 0.242. The van der Waals surface area contributed by atoms with E-state index < -0.39 is 0 Å². The Bertz CT molecular complexity index is 335. The lowest BCUT2D eigenvalue weighted by Gasteiger charge is -2.20. The highest BCUT2D eigenvalue weighted by atomic mass is 16.5. The summed E-state index contributed by atoms with van der Waals surface area (Å²) in [6.07, 6.45) is 2.53. The summed E-state index contributed by atoms with van der Waals surface area (Å²) in [7, 11) is 0. The summed E-state index contributed by atoms with van der Waals surface area (Å²) >= 11 is 0. The Balaban J connectivity index is 2.31. The van der Waals surface area contributed by atoms with E-state index in [1.165, 1.54) is 12.0 Å². The predicted molar refractivity (Wildman–Crippen MR) is 78.3 cm³/mol. The van der Waals surface area contributed by atoms with E-state index in [1.54, 1.807) is 0 Å². The van der Waals surface area contributed by atoms with Gasteiger partial charge in [0, 0.05) is 5.54 Å². The van der Waals surface area contributed by atoms with Gasteiger partial charge >= 0.3 is 0 Å². The van der Waals surface area contributed by atoms with Crippen LogP contribution in [-0.2, 0) is 6.42 Å². The summed E-state index contributed by atoms with van der Waals surface area (Å²) in [5, 5.41) is 3.50. The summed E-state index contributed by atoms with van der Waals surface area (Å²) in [6.45, 7) is 11.8. The maximum absolute atomic E-state index is 5.63. The molecule has 2 nitrogen and oxygen atoms in total. The Kier molecular flexibility index (Phi) is 5.67. The van der Waals surface area contributed by atoms with Crippen LogP contribution in [0.3, 0.4) is 0 Å². The molecule has 0 amide bonds. The van der Waals surface area contributed by atoms with Gasteiger partial charge in [-0.3, -0.25) is 0 Å². The second-order valence-electron chi connectivity index (χ2n) is 6.09. The van der Waals surface area contributed by atoms with Gasteiger partial charge in [0.15, 0.2) is 0 Å². The monoisotopic (exact) mass is 249 g/mol. The van der Waals surface area contributed by atoms with E-state index in [1.807, 2.05) is 13.8 Å². The molecule has 0 radical (unpaired) electrons. The molecule has 0 atom stereocenters. The Labute approximate surface area is 112 Å². The van der Waals surface area contributed by atoms with Crippen LogP contribution in [0.5, 0.6) is 5.75 Å². The number of benzene rings is 1. The molecule has 1 N–H and O–H groups in total. The van der Waals surface area contributed by atoms with Gasteiger partial charge in [-0.2, -0.15) is 0 Å². The Hall–Kier alpha value is -1.02. The van der Waals surface area contributed by atoms with Crippen LogP contribution in [0.25, 0.3) is 0 Å². The van der Waals surface area contributed by atoms with Gasteiger partial charge in [-0.25, -0.2) is 0 Å². The van der Waals surface area contributed by atoms with Crippen molar-refractivity contribution < 1.29 is 4.74 Å². The van der Waals surface area contributed by atoms with Gasteiger partial charge < -0.3 is 10.1 Å². The fraction of sp³-hybridized carbons (Fsp3) is 0.625. The normalized spacial score (nSPS) is 11.9. The molecule has 18 heavy (non-hydrogen) atoms. The summed E-state index contributed by atoms with van der Waals surface area (Å²) in [5.41, 5.74) is 1.59. The number of nitrogens with one attached hydrogen (secondary N) is 1. The maximum atomic E-state index is 5.63. The van der Waals surface area contributed by atoms with Crippen LogP contribution in [-0.4, -0.2) is 18.2 Å². The van der Waals surface area contributed by atoms with E-state index in [9.17, 15) is 0 Å². The molecule has 0 aliphatic rings. The van der Waals surface area contributed by atoms with Crippen LogP contribution in [0, 0.1) is 0 Å². The molecular weight excluding hydrogens is 222 g/mol. The molecule has 0 aliphatic heterocycles. The molecule has 102 valence electrons. The van der Waals surface area contributed by atoms with E-state index in [4.69, 9.17) is 4.74 Å². The van der Waals surface area contributed by atoms with Crippen molar-refractivity contribution in [2.45, 2.75) is 59.1 Å². The first-order valence-electron chi connectivity index (χ1n) is 6.87. The molecule has 1 aromatic carbocycles. The molecule has 0 spiro atoms. The molecule has 2 heteroatoms. The first-order chi connectivity index (χ1) is 8.37. The fourth-order valence-corrected chi connectivity index (χ4v) is 1.76. The zero-order valence-electron chi connectivity index (χ0n) is 12.4. The second kappa shape index (κ2) is 6.79. The van der Waals surface area contributed by atoms with Crippen molar-refractivity contribution in [3.63, 3.8) is 0 Å². The van der Waals surface area contributed by atoms with Crippen LogP contribution in [0.2, 0.25) is 0 Å². The second-order valence-corrected chi connectivity index (χ2v) is 6.09. The fourth-order valence-electron chi connectivity index (χ4n) is 1.76. The predicted octanol–water partition coefficient (Wildman–Crippen LogP) is 3.79. The molecule has 0 saturated carbocycles. The molecule has 0 bridgehead atoms. The minimum atomic E-state index is 0.217.